The Morgan fingerprint density at radius 2 is 1.91 bits per heavy atom. The number of benzene rings is 2. The van der Waals surface area contributed by atoms with E-state index in [4.69, 9.17) is 9.47 Å². The van der Waals surface area contributed by atoms with Gasteiger partial charge in [-0.2, -0.15) is 0 Å². The summed E-state index contributed by atoms with van der Waals surface area (Å²) in [6.07, 6.45) is -0.241. The van der Waals surface area contributed by atoms with E-state index in [1.165, 1.54) is 24.1 Å². The number of likely N-dealkylation sites (N-methyl/N-ethyl adjacent to an activating group) is 1. The van der Waals surface area contributed by atoms with E-state index in [-0.39, 0.29) is 29.5 Å². The maximum Gasteiger partial charge on any atom is 0.295 e. The van der Waals surface area contributed by atoms with Crippen LogP contribution < -0.4 is 19.5 Å². The summed E-state index contributed by atoms with van der Waals surface area (Å²) < 4.78 is 25.3. The highest BCUT2D eigenvalue weighted by molar-refractivity contribution is 6.46. The van der Waals surface area contributed by atoms with Gasteiger partial charge < -0.3 is 24.4 Å². The van der Waals surface area contributed by atoms with Crippen LogP contribution in [0.5, 0.6) is 11.5 Å². The van der Waals surface area contributed by atoms with E-state index in [1.54, 1.807) is 38.1 Å². The van der Waals surface area contributed by atoms with Gasteiger partial charge in [-0.1, -0.05) is 24.0 Å². The number of rotatable bonds is 8. The first-order valence-electron chi connectivity index (χ1n) is 10.8. The van der Waals surface area contributed by atoms with Crippen LogP contribution in [-0.4, -0.2) is 57.0 Å². The molecule has 1 aliphatic rings. The molecule has 8 heteroatoms. The standard InChI is InChI=1S/C25H29FN2O5/c1-15(2)33-20-10-9-17(14-19(20)26)23(29)21-22(16-7-6-8-18(13-16)32-5)28(12-11-27(3)4)25(31)24(21)30/h6-10,13-15,22,29H,11-12H2,1-5H3. The highest BCUT2D eigenvalue weighted by Crippen LogP contribution is 2.39. The van der Waals surface area contributed by atoms with E-state index in [0.717, 1.165) is 11.0 Å². The largest absolute Gasteiger partial charge is 0.872 e. The van der Waals surface area contributed by atoms with Crippen molar-refractivity contribution in [1.29, 1.82) is 0 Å². The molecule has 1 amide bonds. The Hall–Kier alpha value is -3.39. The van der Waals surface area contributed by atoms with Crippen LogP contribution in [0, 0.1) is 5.82 Å². The van der Waals surface area contributed by atoms with Crippen LogP contribution in [0.2, 0.25) is 0 Å². The van der Waals surface area contributed by atoms with E-state index in [1.807, 2.05) is 14.1 Å². The first-order valence-corrected chi connectivity index (χ1v) is 10.8. The molecule has 0 spiro atoms. The average Bonchev–Trinajstić information content (AvgIpc) is 3.03. The summed E-state index contributed by atoms with van der Waals surface area (Å²) in [7, 11) is 5.38. The van der Waals surface area contributed by atoms with Crippen molar-refractivity contribution in [3.8, 4) is 11.5 Å². The summed E-state index contributed by atoms with van der Waals surface area (Å²) in [5, 5.41) is 13.4. The number of methoxy groups -OCH3 is 1. The molecule has 0 aromatic heterocycles. The monoisotopic (exact) mass is 456 g/mol. The van der Waals surface area contributed by atoms with Gasteiger partial charge in [-0.3, -0.25) is 9.59 Å². The fourth-order valence-corrected chi connectivity index (χ4v) is 3.75. The third kappa shape index (κ3) is 5.17. The van der Waals surface area contributed by atoms with Gasteiger partial charge in [-0.25, -0.2) is 4.39 Å². The van der Waals surface area contributed by atoms with Crippen LogP contribution in [-0.2, 0) is 9.59 Å². The van der Waals surface area contributed by atoms with E-state index in [0.29, 0.717) is 17.9 Å². The van der Waals surface area contributed by atoms with Crippen LogP contribution in [0.1, 0.15) is 31.0 Å². The molecular formula is C25H29FN2O5. The molecule has 1 N–H and O–H groups in total. The highest BCUT2D eigenvalue weighted by Gasteiger charge is 2.44. The lowest BCUT2D eigenvalue weighted by molar-refractivity contribution is -0.857. The van der Waals surface area contributed by atoms with E-state index in [2.05, 4.69) is 0 Å². The van der Waals surface area contributed by atoms with Gasteiger partial charge in [-0.05, 0) is 49.2 Å². The van der Waals surface area contributed by atoms with Gasteiger partial charge in [0, 0.05) is 5.57 Å². The molecule has 1 fully saturated rings. The molecule has 2 aromatic rings. The molecule has 1 saturated heterocycles. The van der Waals surface area contributed by atoms with Crippen molar-refractivity contribution in [2.45, 2.75) is 26.0 Å². The van der Waals surface area contributed by atoms with Gasteiger partial charge in [-0.15, -0.1) is 0 Å². The molecule has 1 heterocycles. The zero-order valence-electron chi connectivity index (χ0n) is 19.5. The summed E-state index contributed by atoms with van der Waals surface area (Å²) in [5.74, 6) is -2.46. The number of carbonyl (C=O) groups is 2. The minimum absolute atomic E-state index is 0.0142. The molecule has 7 nitrogen and oxygen atoms in total. The SMILES string of the molecule is COc1cccc(C2C(=C([O-])c3ccc(OC(C)C)c(F)c3)C(=O)C(=O)N2CC[NH+](C)C)c1. The Kier molecular flexibility index (Phi) is 7.38. The zero-order chi connectivity index (χ0) is 24.3. The van der Waals surface area contributed by atoms with Crippen LogP contribution in [0.4, 0.5) is 4.39 Å². The molecule has 0 saturated carbocycles. The number of ketones is 1. The number of hydrogen-bond donors (Lipinski definition) is 1. The highest BCUT2D eigenvalue weighted by atomic mass is 19.1. The summed E-state index contributed by atoms with van der Waals surface area (Å²) in [6, 6.07) is 9.82. The molecule has 1 aliphatic heterocycles. The van der Waals surface area contributed by atoms with Crippen molar-refractivity contribution < 1.29 is 33.5 Å². The molecule has 1 unspecified atom stereocenters. The number of halogens is 1. The summed E-state index contributed by atoms with van der Waals surface area (Å²) >= 11 is 0. The maximum absolute atomic E-state index is 14.6. The smallest absolute Gasteiger partial charge is 0.295 e. The van der Waals surface area contributed by atoms with Crippen molar-refractivity contribution in [3.63, 3.8) is 0 Å². The van der Waals surface area contributed by atoms with Gasteiger partial charge in [0.05, 0.1) is 46.4 Å². The number of Topliss-reactive ketones (excluding diaryl/α,β-unsaturated/α-hetero) is 1. The van der Waals surface area contributed by atoms with Gasteiger partial charge in [0.1, 0.15) is 5.75 Å². The van der Waals surface area contributed by atoms with Gasteiger partial charge >= 0.3 is 0 Å². The predicted molar refractivity (Wildman–Crippen MR) is 119 cm³/mol. The molecule has 0 radical (unpaired) electrons. The van der Waals surface area contributed by atoms with Crippen LogP contribution >= 0.6 is 0 Å². The molecular weight excluding hydrogens is 427 g/mol. The number of carbonyl (C=O) groups excluding carboxylic acids is 2. The molecule has 1 atom stereocenters. The number of hydrogen-bond acceptors (Lipinski definition) is 5. The molecule has 176 valence electrons. The number of ether oxygens (including phenoxy) is 2. The van der Waals surface area contributed by atoms with Crippen molar-refractivity contribution in [2.75, 3.05) is 34.3 Å². The average molecular weight is 457 g/mol. The molecule has 33 heavy (non-hydrogen) atoms. The maximum atomic E-state index is 14.6. The third-order valence-corrected chi connectivity index (χ3v) is 5.35. The number of likely N-dealkylation sites (tertiary alicyclic amines) is 1. The fraction of sp³-hybridized carbons (Fsp3) is 0.360. The van der Waals surface area contributed by atoms with E-state index < -0.39 is 29.3 Å². The Labute approximate surface area is 193 Å². The van der Waals surface area contributed by atoms with Crippen molar-refractivity contribution >= 4 is 17.4 Å². The van der Waals surface area contributed by atoms with Gasteiger partial charge in [0.2, 0.25) is 5.78 Å². The Balaban J connectivity index is 2.13. The van der Waals surface area contributed by atoms with Gasteiger partial charge in [0.25, 0.3) is 5.91 Å². The summed E-state index contributed by atoms with van der Waals surface area (Å²) in [6.45, 7) is 4.39. The number of quaternary nitrogens is 1. The number of amides is 1. The van der Waals surface area contributed by atoms with Crippen LogP contribution in [0.15, 0.2) is 48.0 Å². The minimum Gasteiger partial charge on any atom is -0.872 e. The molecule has 2 aromatic carbocycles. The Bertz CT molecular complexity index is 1080. The first kappa shape index (κ1) is 24.3. The number of nitrogens with zero attached hydrogens (tertiary/aromatic N) is 1. The number of nitrogens with one attached hydrogen (secondary N) is 1. The third-order valence-electron chi connectivity index (χ3n) is 5.35. The van der Waals surface area contributed by atoms with Gasteiger partial charge in [0.15, 0.2) is 11.6 Å². The second kappa shape index (κ2) is 10.0. The van der Waals surface area contributed by atoms with Crippen molar-refractivity contribution in [1.82, 2.24) is 4.90 Å². The zero-order valence-corrected chi connectivity index (χ0v) is 19.5. The van der Waals surface area contributed by atoms with E-state index in [9.17, 15) is 19.1 Å². The molecule has 3 rings (SSSR count). The summed E-state index contributed by atoms with van der Waals surface area (Å²) in [4.78, 5) is 28.4. The lowest BCUT2D eigenvalue weighted by atomic mass is 9.95. The second-order valence-electron chi connectivity index (χ2n) is 8.52. The normalized spacial score (nSPS) is 17.8. The quantitative estimate of drug-likeness (QED) is 0.364. The minimum atomic E-state index is -0.887. The van der Waals surface area contributed by atoms with Crippen molar-refractivity contribution in [2.24, 2.45) is 0 Å². The Morgan fingerprint density at radius 1 is 1.18 bits per heavy atom. The topological polar surface area (TPSA) is 83.3 Å². The second-order valence-corrected chi connectivity index (χ2v) is 8.52. The fourth-order valence-electron chi connectivity index (χ4n) is 3.75. The van der Waals surface area contributed by atoms with Crippen LogP contribution in [0.25, 0.3) is 5.76 Å². The molecule has 0 aliphatic carbocycles. The Morgan fingerprint density at radius 3 is 2.52 bits per heavy atom. The van der Waals surface area contributed by atoms with E-state index >= 15 is 0 Å². The first-order chi connectivity index (χ1) is 15.6. The summed E-state index contributed by atoms with van der Waals surface area (Å²) in [5.41, 5.74) is 0.359. The lowest BCUT2D eigenvalue weighted by Crippen LogP contribution is -3.06. The van der Waals surface area contributed by atoms with Crippen LogP contribution in [0.3, 0.4) is 0 Å². The molecule has 0 bridgehead atoms. The van der Waals surface area contributed by atoms with Crippen molar-refractivity contribution in [3.05, 3.63) is 65.0 Å². The lowest BCUT2D eigenvalue weighted by Gasteiger charge is -2.28. The predicted octanol–water partition coefficient (Wildman–Crippen LogP) is 0.990.